The Kier molecular flexibility index (Phi) is 7.08. The molecule has 0 atom stereocenters. The first-order chi connectivity index (χ1) is 13.2. The first-order valence-corrected chi connectivity index (χ1v) is 11.9. The second-order valence-corrected chi connectivity index (χ2v) is 9.67. The van der Waals surface area contributed by atoms with Gasteiger partial charge in [0, 0.05) is 18.8 Å². The number of sulfonamides is 2. The van der Waals surface area contributed by atoms with Crippen molar-refractivity contribution in [2.75, 3.05) is 24.9 Å². The first-order valence-electron chi connectivity index (χ1n) is 8.99. The van der Waals surface area contributed by atoms with Gasteiger partial charge in [-0.25, -0.2) is 16.8 Å². The molecule has 0 aromatic heterocycles. The van der Waals surface area contributed by atoms with Crippen LogP contribution in [0.1, 0.15) is 26.3 Å². The largest absolute Gasteiger partial charge is 0.496 e. The molecule has 0 saturated carbocycles. The third kappa shape index (κ3) is 4.65. The molecule has 0 aliphatic heterocycles. The lowest BCUT2D eigenvalue weighted by molar-refractivity contribution is 0.409. The third-order valence-electron chi connectivity index (χ3n) is 4.39. The zero-order chi connectivity index (χ0) is 20.9. The van der Waals surface area contributed by atoms with E-state index >= 15 is 0 Å². The number of aryl methyl sites for hydroxylation is 1. The number of rotatable bonds is 9. The number of hydrogen-bond acceptors (Lipinski definition) is 5. The van der Waals surface area contributed by atoms with E-state index in [0.29, 0.717) is 25.3 Å². The Balaban J connectivity index is 2.28. The number of benzene rings is 2. The summed E-state index contributed by atoms with van der Waals surface area (Å²) in [5.74, 6) is 0.632. The average molecular weight is 427 g/mol. The van der Waals surface area contributed by atoms with Crippen molar-refractivity contribution in [2.24, 2.45) is 0 Å². The van der Waals surface area contributed by atoms with E-state index in [9.17, 15) is 16.8 Å². The quantitative estimate of drug-likeness (QED) is 0.665. The third-order valence-corrected chi connectivity index (χ3v) is 7.84. The summed E-state index contributed by atoms with van der Waals surface area (Å²) in [7, 11) is -5.86. The Morgan fingerprint density at radius 1 is 0.893 bits per heavy atom. The van der Waals surface area contributed by atoms with Gasteiger partial charge in [0.15, 0.2) is 0 Å². The summed E-state index contributed by atoms with van der Waals surface area (Å²) in [6, 6.07) is 10.3. The summed E-state index contributed by atoms with van der Waals surface area (Å²) in [5.41, 5.74) is 1.07. The maximum Gasteiger partial charge on any atom is 0.261 e. The summed E-state index contributed by atoms with van der Waals surface area (Å²) in [5, 5.41) is 0. The van der Waals surface area contributed by atoms with Crippen molar-refractivity contribution in [3.63, 3.8) is 0 Å². The van der Waals surface area contributed by atoms with Gasteiger partial charge in [0.1, 0.15) is 5.75 Å². The predicted molar refractivity (Wildman–Crippen MR) is 110 cm³/mol. The van der Waals surface area contributed by atoms with Gasteiger partial charge in [-0.15, -0.1) is 0 Å². The summed E-state index contributed by atoms with van der Waals surface area (Å²) in [6.45, 7) is 6.18. The molecule has 154 valence electrons. The van der Waals surface area contributed by atoms with Gasteiger partial charge in [-0.1, -0.05) is 20.8 Å². The van der Waals surface area contributed by atoms with E-state index in [1.54, 1.807) is 26.0 Å². The fourth-order valence-corrected chi connectivity index (χ4v) is 5.39. The molecule has 28 heavy (non-hydrogen) atoms. The average Bonchev–Trinajstić information content (AvgIpc) is 2.68. The van der Waals surface area contributed by atoms with E-state index in [4.69, 9.17) is 4.74 Å². The molecular weight excluding hydrogens is 400 g/mol. The summed E-state index contributed by atoms with van der Waals surface area (Å²) in [6.07, 6.45) is 0.629. The number of ether oxygens (including phenoxy) is 1. The first kappa shape index (κ1) is 22.2. The van der Waals surface area contributed by atoms with E-state index in [1.165, 1.54) is 41.7 Å². The maximum absolute atomic E-state index is 12.7. The molecule has 0 bridgehead atoms. The number of nitrogens with one attached hydrogen (secondary N) is 1. The second kappa shape index (κ2) is 8.93. The summed E-state index contributed by atoms with van der Waals surface area (Å²) < 4.78 is 59.4. The Hall–Kier alpha value is -2.10. The second-order valence-electron chi connectivity index (χ2n) is 6.05. The van der Waals surface area contributed by atoms with Crippen LogP contribution in [-0.2, 0) is 26.5 Å². The molecule has 0 aliphatic carbocycles. The minimum atomic E-state index is -3.81. The molecule has 2 aromatic carbocycles. The van der Waals surface area contributed by atoms with Crippen LogP contribution in [0.2, 0.25) is 0 Å². The van der Waals surface area contributed by atoms with E-state index in [-0.39, 0.29) is 15.5 Å². The SMILES string of the molecule is CCc1cc(S(=O)(=O)Nc2ccc(S(=O)(=O)N(CC)CC)cc2)ccc1OC. The molecule has 0 saturated heterocycles. The fourth-order valence-electron chi connectivity index (χ4n) is 2.82. The van der Waals surface area contributed by atoms with Gasteiger partial charge in [0.05, 0.1) is 16.9 Å². The van der Waals surface area contributed by atoms with Crippen LogP contribution in [0, 0.1) is 0 Å². The van der Waals surface area contributed by atoms with Crippen LogP contribution < -0.4 is 9.46 Å². The lowest BCUT2D eigenvalue weighted by Gasteiger charge is -2.18. The van der Waals surface area contributed by atoms with Gasteiger partial charge in [0.25, 0.3) is 10.0 Å². The van der Waals surface area contributed by atoms with Crippen LogP contribution in [0.15, 0.2) is 52.3 Å². The minimum Gasteiger partial charge on any atom is -0.496 e. The van der Waals surface area contributed by atoms with Gasteiger partial charge in [0.2, 0.25) is 10.0 Å². The van der Waals surface area contributed by atoms with Crippen molar-refractivity contribution in [3.05, 3.63) is 48.0 Å². The van der Waals surface area contributed by atoms with Crippen LogP contribution >= 0.6 is 0 Å². The van der Waals surface area contributed by atoms with Crippen LogP contribution in [0.4, 0.5) is 5.69 Å². The molecule has 0 spiro atoms. The van der Waals surface area contributed by atoms with Gasteiger partial charge in [-0.3, -0.25) is 4.72 Å². The summed E-state index contributed by atoms with van der Waals surface area (Å²) in [4.78, 5) is 0.238. The van der Waals surface area contributed by atoms with Gasteiger partial charge in [-0.05, 0) is 54.4 Å². The Morgan fingerprint density at radius 3 is 1.96 bits per heavy atom. The number of nitrogens with zero attached hydrogens (tertiary/aromatic N) is 1. The number of anilines is 1. The molecular formula is C19H26N2O5S2. The van der Waals surface area contributed by atoms with E-state index in [1.807, 2.05) is 6.92 Å². The van der Waals surface area contributed by atoms with Crippen molar-refractivity contribution in [3.8, 4) is 5.75 Å². The zero-order valence-corrected chi connectivity index (χ0v) is 18.1. The summed E-state index contributed by atoms with van der Waals surface area (Å²) >= 11 is 0. The van der Waals surface area contributed by atoms with Crippen molar-refractivity contribution in [1.82, 2.24) is 4.31 Å². The van der Waals surface area contributed by atoms with Crippen LogP contribution in [-0.4, -0.2) is 41.3 Å². The molecule has 0 amide bonds. The molecule has 0 radical (unpaired) electrons. The minimum absolute atomic E-state index is 0.116. The maximum atomic E-state index is 12.7. The number of hydrogen-bond donors (Lipinski definition) is 1. The van der Waals surface area contributed by atoms with Crippen LogP contribution in [0.25, 0.3) is 0 Å². The molecule has 2 rings (SSSR count). The molecule has 0 unspecified atom stereocenters. The molecule has 0 heterocycles. The molecule has 0 fully saturated rings. The van der Waals surface area contributed by atoms with Crippen molar-refractivity contribution in [1.29, 1.82) is 0 Å². The van der Waals surface area contributed by atoms with E-state index in [2.05, 4.69) is 4.72 Å². The molecule has 0 aliphatic rings. The lowest BCUT2D eigenvalue weighted by Crippen LogP contribution is -2.30. The normalized spacial score (nSPS) is 12.2. The zero-order valence-electron chi connectivity index (χ0n) is 16.5. The fraction of sp³-hybridized carbons (Fsp3) is 0.368. The smallest absolute Gasteiger partial charge is 0.261 e. The highest BCUT2D eigenvalue weighted by atomic mass is 32.2. The van der Waals surface area contributed by atoms with E-state index in [0.717, 1.165) is 5.56 Å². The van der Waals surface area contributed by atoms with Gasteiger partial charge < -0.3 is 4.74 Å². The van der Waals surface area contributed by atoms with Crippen LogP contribution in [0.5, 0.6) is 5.75 Å². The van der Waals surface area contributed by atoms with Crippen molar-refractivity contribution in [2.45, 2.75) is 37.0 Å². The Labute approximate surface area is 167 Å². The van der Waals surface area contributed by atoms with Gasteiger partial charge in [-0.2, -0.15) is 4.31 Å². The highest BCUT2D eigenvalue weighted by Gasteiger charge is 2.22. The number of methoxy groups -OCH3 is 1. The molecule has 1 N–H and O–H groups in total. The standard InChI is InChI=1S/C19H26N2O5S2/c1-5-15-14-18(12-13-19(15)26-4)27(22,23)20-16-8-10-17(11-9-16)28(24,25)21(6-2)7-3/h8-14,20H,5-7H2,1-4H3. The Morgan fingerprint density at radius 2 is 1.46 bits per heavy atom. The predicted octanol–water partition coefficient (Wildman–Crippen LogP) is 3.09. The topological polar surface area (TPSA) is 92.8 Å². The highest BCUT2D eigenvalue weighted by Crippen LogP contribution is 2.25. The van der Waals surface area contributed by atoms with Crippen LogP contribution in [0.3, 0.4) is 0 Å². The van der Waals surface area contributed by atoms with Crippen molar-refractivity contribution >= 4 is 25.7 Å². The Bertz CT molecular complexity index is 1010. The molecule has 2 aromatic rings. The van der Waals surface area contributed by atoms with Crippen molar-refractivity contribution < 1.29 is 21.6 Å². The lowest BCUT2D eigenvalue weighted by atomic mass is 10.1. The molecule has 9 heteroatoms. The van der Waals surface area contributed by atoms with E-state index < -0.39 is 20.0 Å². The highest BCUT2D eigenvalue weighted by molar-refractivity contribution is 7.92. The van der Waals surface area contributed by atoms with Gasteiger partial charge >= 0.3 is 0 Å². The molecule has 7 nitrogen and oxygen atoms in total. The monoisotopic (exact) mass is 426 g/mol.